The second-order valence-electron chi connectivity index (χ2n) is 11.0. The Hall–Kier alpha value is -4.81. The summed E-state index contributed by atoms with van der Waals surface area (Å²) in [5.41, 5.74) is 4.71. The molecule has 0 bridgehead atoms. The SMILES string of the molecule is CCOc1ccc([C@@H]2[C@@H](C(=C(C#N)C#N)C3CC3)[C@@H]3c4ccccc4C=CN3[C@@H]2C(=O)c2ccccc2)c(OCC)c1. The molecule has 6 heteroatoms. The third-order valence-electron chi connectivity index (χ3n) is 8.62. The van der Waals surface area contributed by atoms with E-state index in [1.165, 1.54) is 0 Å². The molecule has 6 nitrogen and oxygen atoms in total. The maximum atomic E-state index is 14.6. The molecule has 0 radical (unpaired) electrons. The van der Waals surface area contributed by atoms with Crippen molar-refractivity contribution in [1.29, 1.82) is 10.5 Å². The van der Waals surface area contributed by atoms with Crippen LogP contribution in [0.1, 0.15) is 65.7 Å². The number of benzene rings is 3. The molecule has 6 rings (SSSR count). The van der Waals surface area contributed by atoms with Gasteiger partial charge in [0, 0.05) is 35.2 Å². The average Bonchev–Trinajstić information content (AvgIpc) is 3.81. The van der Waals surface area contributed by atoms with Crippen LogP contribution in [0.4, 0.5) is 0 Å². The van der Waals surface area contributed by atoms with Crippen LogP contribution in [0.5, 0.6) is 11.5 Å². The van der Waals surface area contributed by atoms with Gasteiger partial charge in [-0.15, -0.1) is 0 Å². The topological polar surface area (TPSA) is 86.4 Å². The molecule has 210 valence electrons. The van der Waals surface area contributed by atoms with E-state index in [1.54, 1.807) is 0 Å². The van der Waals surface area contributed by atoms with Crippen LogP contribution in [-0.4, -0.2) is 29.9 Å². The molecule has 0 N–H and O–H groups in total. The minimum absolute atomic E-state index is 0.000855. The van der Waals surface area contributed by atoms with Crippen LogP contribution in [-0.2, 0) is 0 Å². The van der Waals surface area contributed by atoms with Crippen molar-refractivity contribution in [2.75, 3.05) is 13.2 Å². The summed E-state index contributed by atoms with van der Waals surface area (Å²) in [6.07, 6.45) is 5.95. The van der Waals surface area contributed by atoms with Gasteiger partial charge < -0.3 is 14.4 Å². The molecule has 3 aliphatic rings. The van der Waals surface area contributed by atoms with Gasteiger partial charge in [-0.1, -0.05) is 60.7 Å². The fraction of sp³-hybridized carbons (Fsp3) is 0.306. The molecule has 3 aromatic carbocycles. The first-order chi connectivity index (χ1) is 20.6. The lowest BCUT2D eigenvalue weighted by Crippen LogP contribution is -2.37. The number of nitrogens with zero attached hydrogens (tertiary/aromatic N) is 3. The van der Waals surface area contributed by atoms with Crippen LogP contribution in [0.2, 0.25) is 0 Å². The smallest absolute Gasteiger partial charge is 0.185 e. The zero-order chi connectivity index (χ0) is 29.2. The van der Waals surface area contributed by atoms with Gasteiger partial charge in [-0.05, 0) is 61.4 Å². The fourth-order valence-corrected chi connectivity index (χ4v) is 6.89. The molecule has 0 unspecified atom stereocenters. The van der Waals surface area contributed by atoms with E-state index >= 15 is 0 Å². The Morgan fingerprint density at radius 1 is 0.905 bits per heavy atom. The summed E-state index contributed by atoms with van der Waals surface area (Å²) >= 11 is 0. The first-order valence-electron chi connectivity index (χ1n) is 14.7. The fourth-order valence-electron chi connectivity index (χ4n) is 6.89. The van der Waals surface area contributed by atoms with Gasteiger partial charge in [0.25, 0.3) is 0 Å². The highest BCUT2D eigenvalue weighted by Crippen LogP contribution is 2.60. The largest absolute Gasteiger partial charge is 0.494 e. The third-order valence-corrected chi connectivity index (χ3v) is 8.62. The molecule has 42 heavy (non-hydrogen) atoms. The number of carbonyl (C=O) groups excluding carboxylic acids is 1. The van der Waals surface area contributed by atoms with Gasteiger partial charge in [0.2, 0.25) is 0 Å². The summed E-state index contributed by atoms with van der Waals surface area (Å²) in [6, 6.07) is 27.1. The van der Waals surface area contributed by atoms with Gasteiger partial charge in [0.05, 0.1) is 19.3 Å². The molecule has 4 atom stereocenters. The van der Waals surface area contributed by atoms with Crippen LogP contribution in [0.25, 0.3) is 6.08 Å². The number of rotatable bonds is 9. The van der Waals surface area contributed by atoms with E-state index in [2.05, 4.69) is 35.2 Å². The number of Topliss-reactive ketones (excluding diaryl/α,β-unsaturated/α-hetero) is 1. The minimum atomic E-state index is -0.587. The zero-order valence-corrected chi connectivity index (χ0v) is 23.9. The third kappa shape index (κ3) is 4.74. The Bertz CT molecular complexity index is 1630. The Morgan fingerprint density at radius 2 is 1.62 bits per heavy atom. The molecule has 2 heterocycles. The molecule has 1 saturated heterocycles. The lowest BCUT2D eigenvalue weighted by atomic mass is 9.71. The molecular weight excluding hydrogens is 522 g/mol. The Kier molecular flexibility index (Phi) is 7.55. The second-order valence-corrected chi connectivity index (χ2v) is 11.0. The summed E-state index contributed by atoms with van der Waals surface area (Å²) in [5, 5.41) is 20.4. The monoisotopic (exact) mass is 555 g/mol. The number of allylic oxidation sites excluding steroid dienone is 1. The molecule has 1 aliphatic carbocycles. The normalized spacial score (nSPS) is 21.9. The Balaban J connectivity index is 1.65. The molecule has 2 aliphatic heterocycles. The summed E-state index contributed by atoms with van der Waals surface area (Å²) in [4.78, 5) is 16.8. The van der Waals surface area contributed by atoms with E-state index in [-0.39, 0.29) is 35.2 Å². The van der Waals surface area contributed by atoms with Crippen LogP contribution >= 0.6 is 0 Å². The van der Waals surface area contributed by atoms with Gasteiger partial charge in [-0.25, -0.2) is 0 Å². The van der Waals surface area contributed by atoms with Crippen molar-refractivity contribution < 1.29 is 14.3 Å². The van der Waals surface area contributed by atoms with Crippen molar-refractivity contribution in [3.63, 3.8) is 0 Å². The average molecular weight is 556 g/mol. The van der Waals surface area contributed by atoms with Crippen LogP contribution < -0.4 is 9.47 Å². The van der Waals surface area contributed by atoms with Crippen LogP contribution in [0.3, 0.4) is 0 Å². The van der Waals surface area contributed by atoms with Crippen LogP contribution in [0.15, 0.2) is 90.1 Å². The summed E-state index contributed by atoms with van der Waals surface area (Å²) < 4.78 is 12.1. The van der Waals surface area contributed by atoms with E-state index in [4.69, 9.17) is 9.47 Å². The summed E-state index contributed by atoms with van der Waals surface area (Å²) in [5.74, 6) is 0.804. The molecule has 0 amide bonds. The van der Waals surface area contributed by atoms with Crippen LogP contribution in [0, 0.1) is 34.5 Å². The van der Waals surface area contributed by atoms with Gasteiger partial charge in [0.15, 0.2) is 5.78 Å². The number of carbonyl (C=O) groups is 1. The van der Waals surface area contributed by atoms with E-state index in [0.29, 0.717) is 30.3 Å². The maximum absolute atomic E-state index is 14.6. The van der Waals surface area contributed by atoms with Crippen molar-refractivity contribution >= 4 is 11.9 Å². The highest BCUT2D eigenvalue weighted by atomic mass is 16.5. The van der Waals surface area contributed by atoms with Gasteiger partial charge in [-0.3, -0.25) is 4.79 Å². The second kappa shape index (κ2) is 11.6. The Labute approximate surface area is 247 Å². The van der Waals surface area contributed by atoms with Gasteiger partial charge in [-0.2, -0.15) is 10.5 Å². The molecule has 2 fully saturated rings. The number of ether oxygens (including phenoxy) is 2. The number of hydrogen-bond acceptors (Lipinski definition) is 6. The first-order valence-corrected chi connectivity index (χ1v) is 14.7. The minimum Gasteiger partial charge on any atom is -0.494 e. The van der Waals surface area contributed by atoms with E-state index in [0.717, 1.165) is 35.1 Å². The van der Waals surface area contributed by atoms with E-state index < -0.39 is 6.04 Å². The predicted octanol–water partition coefficient (Wildman–Crippen LogP) is 7.23. The number of fused-ring (bicyclic) bond motifs is 3. The van der Waals surface area contributed by atoms with Crippen molar-refractivity contribution in [2.24, 2.45) is 11.8 Å². The van der Waals surface area contributed by atoms with E-state index in [9.17, 15) is 15.3 Å². The summed E-state index contributed by atoms with van der Waals surface area (Å²) in [7, 11) is 0. The Morgan fingerprint density at radius 3 is 2.31 bits per heavy atom. The number of hydrogen-bond donors (Lipinski definition) is 0. The van der Waals surface area contributed by atoms with Crippen molar-refractivity contribution in [1.82, 2.24) is 4.90 Å². The number of nitriles is 2. The molecular formula is C36H33N3O3. The molecule has 3 aromatic rings. The van der Waals surface area contributed by atoms with E-state index in [1.807, 2.05) is 80.7 Å². The molecule has 0 spiro atoms. The van der Waals surface area contributed by atoms with Gasteiger partial charge >= 0.3 is 0 Å². The lowest BCUT2D eigenvalue weighted by molar-refractivity contribution is 0.0874. The highest BCUT2D eigenvalue weighted by molar-refractivity contribution is 6.01. The van der Waals surface area contributed by atoms with Crippen molar-refractivity contribution in [3.05, 3.63) is 112 Å². The van der Waals surface area contributed by atoms with Crippen molar-refractivity contribution in [2.45, 2.75) is 44.7 Å². The standard InChI is InChI=1S/C36H33N3O3/c1-3-41-27-16-17-29(30(20-27)42-4-2)32-33(31(24-14-15-24)26(21-37)22-38)34-28-13-9-8-10-23(28)18-19-39(34)35(32)36(40)25-11-6-5-7-12-25/h5-13,16-20,24,32-35H,3-4,14-15H2,1-2H3/t32-,33-,34+,35+/m1/s1. The van der Waals surface area contributed by atoms with Crippen molar-refractivity contribution in [3.8, 4) is 23.6 Å². The first kappa shape index (κ1) is 27.4. The maximum Gasteiger partial charge on any atom is 0.185 e. The summed E-state index contributed by atoms with van der Waals surface area (Å²) in [6.45, 7) is 4.85. The highest BCUT2D eigenvalue weighted by Gasteiger charge is 2.57. The zero-order valence-electron chi connectivity index (χ0n) is 23.9. The molecule has 1 saturated carbocycles. The van der Waals surface area contributed by atoms with Gasteiger partial charge in [0.1, 0.15) is 35.3 Å². The quantitative estimate of drug-likeness (QED) is 0.205. The predicted molar refractivity (Wildman–Crippen MR) is 161 cm³/mol. The lowest BCUT2D eigenvalue weighted by Gasteiger charge is -2.35. The molecule has 0 aromatic heterocycles. The number of ketones is 1.